The van der Waals surface area contributed by atoms with E-state index in [1.807, 2.05) is 0 Å². The first-order valence-corrected chi connectivity index (χ1v) is 4.96. The Hall–Kier alpha value is -1.84. The zero-order valence-electron chi connectivity index (χ0n) is 9.28. The summed E-state index contributed by atoms with van der Waals surface area (Å²) in [5.74, 6) is -2.73. The van der Waals surface area contributed by atoms with Crippen LogP contribution in [0.1, 0.15) is 18.9 Å². The molecule has 1 atom stereocenters. The lowest BCUT2D eigenvalue weighted by Crippen LogP contribution is -2.24. The Bertz CT molecular complexity index is 476. The van der Waals surface area contributed by atoms with Crippen molar-refractivity contribution in [2.24, 2.45) is 0 Å². The molecule has 1 unspecified atom stereocenters. The van der Waals surface area contributed by atoms with Crippen LogP contribution in [-0.4, -0.2) is 12.2 Å². The van der Waals surface area contributed by atoms with Crippen LogP contribution in [0.25, 0.3) is 0 Å². The van der Waals surface area contributed by atoms with Crippen molar-refractivity contribution in [2.75, 3.05) is 5.32 Å². The summed E-state index contributed by atoms with van der Waals surface area (Å²) in [6.07, 6.45) is -5.57. The molecule has 0 fully saturated rings. The number of anilines is 1. The lowest BCUT2D eigenvalue weighted by atomic mass is 10.1. The van der Waals surface area contributed by atoms with Gasteiger partial charge in [0.25, 0.3) is 0 Å². The van der Waals surface area contributed by atoms with Crippen molar-refractivity contribution in [1.82, 2.24) is 0 Å². The first kappa shape index (κ1) is 14.2. The molecule has 7 heteroatoms. The predicted molar refractivity (Wildman–Crippen MR) is 54.8 cm³/mol. The lowest BCUT2D eigenvalue weighted by Gasteiger charge is -2.17. The van der Waals surface area contributed by atoms with E-state index in [4.69, 9.17) is 5.26 Å². The summed E-state index contributed by atoms with van der Waals surface area (Å²) in [5, 5.41) is 10.7. The van der Waals surface area contributed by atoms with E-state index in [0.717, 1.165) is 12.1 Å². The summed E-state index contributed by atoms with van der Waals surface area (Å²) >= 11 is 0. The number of hydrogen-bond donors (Lipinski definition) is 1. The predicted octanol–water partition coefficient (Wildman–Crippen LogP) is 3.59. The van der Waals surface area contributed by atoms with Crippen LogP contribution in [0.15, 0.2) is 12.1 Å². The van der Waals surface area contributed by atoms with Gasteiger partial charge < -0.3 is 5.32 Å². The van der Waals surface area contributed by atoms with Gasteiger partial charge in [0.05, 0.1) is 17.7 Å². The molecule has 18 heavy (non-hydrogen) atoms. The van der Waals surface area contributed by atoms with E-state index in [2.05, 4.69) is 5.32 Å². The van der Waals surface area contributed by atoms with Crippen molar-refractivity contribution in [3.63, 3.8) is 0 Å². The topological polar surface area (TPSA) is 35.8 Å². The summed E-state index contributed by atoms with van der Waals surface area (Å²) in [4.78, 5) is 0. The minimum Gasteiger partial charge on any atom is -0.380 e. The van der Waals surface area contributed by atoms with Crippen LogP contribution >= 0.6 is 0 Å². The smallest absolute Gasteiger partial charge is 0.380 e. The third-order valence-corrected chi connectivity index (χ3v) is 2.14. The van der Waals surface area contributed by atoms with Crippen LogP contribution in [0.3, 0.4) is 0 Å². The van der Waals surface area contributed by atoms with E-state index in [-0.39, 0.29) is 0 Å². The maximum absolute atomic E-state index is 13.4. The zero-order valence-corrected chi connectivity index (χ0v) is 9.28. The normalized spacial score (nSPS) is 12.9. The van der Waals surface area contributed by atoms with Gasteiger partial charge >= 0.3 is 6.18 Å². The highest BCUT2D eigenvalue weighted by molar-refractivity contribution is 5.50. The van der Waals surface area contributed by atoms with E-state index < -0.39 is 41.5 Å². The maximum Gasteiger partial charge on any atom is 0.391 e. The van der Waals surface area contributed by atoms with Gasteiger partial charge in [-0.1, -0.05) is 0 Å². The molecule has 0 bridgehead atoms. The monoisotopic (exact) mass is 264 g/mol. The Morgan fingerprint density at radius 3 is 2.39 bits per heavy atom. The maximum atomic E-state index is 13.4. The van der Waals surface area contributed by atoms with Crippen molar-refractivity contribution in [3.05, 3.63) is 29.3 Å². The number of halogens is 5. The molecular weight excluding hydrogens is 255 g/mol. The van der Waals surface area contributed by atoms with Crippen LogP contribution in [0.4, 0.5) is 27.6 Å². The van der Waals surface area contributed by atoms with E-state index in [9.17, 15) is 22.0 Å². The molecule has 1 aromatic rings. The van der Waals surface area contributed by atoms with Gasteiger partial charge in [-0.15, -0.1) is 0 Å². The Labute approximate surface area is 100 Å². The molecule has 0 heterocycles. The van der Waals surface area contributed by atoms with E-state index in [1.54, 1.807) is 0 Å². The van der Waals surface area contributed by atoms with Gasteiger partial charge in [-0.3, -0.25) is 0 Å². The van der Waals surface area contributed by atoms with Crippen LogP contribution in [0, 0.1) is 23.0 Å². The van der Waals surface area contributed by atoms with Crippen molar-refractivity contribution in [1.29, 1.82) is 5.26 Å². The lowest BCUT2D eigenvalue weighted by molar-refractivity contribution is -0.136. The summed E-state index contributed by atoms with van der Waals surface area (Å²) in [7, 11) is 0. The van der Waals surface area contributed by atoms with Crippen molar-refractivity contribution in [3.8, 4) is 6.07 Å². The minimum atomic E-state index is -4.39. The number of benzene rings is 1. The average Bonchev–Trinajstić information content (AvgIpc) is 2.22. The third kappa shape index (κ3) is 3.58. The van der Waals surface area contributed by atoms with Crippen molar-refractivity contribution >= 4 is 5.69 Å². The SMILES string of the molecule is CC(CC(F)(F)F)Nc1ccc(C#N)c(F)c1F. The van der Waals surface area contributed by atoms with Crippen LogP contribution in [0.2, 0.25) is 0 Å². The minimum absolute atomic E-state index is 0.400. The number of nitrogens with one attached hydrogen (secondary N) is 1. The molecule has 2 nitrogen and oxygen atoms in total. The molecule has 1 N–H and O–H groups in total. The van der Waals surface area contributed by atoms with Crippen LogP contribution in [-0.2, 0) is 0 Å². The largest absolute Gasteiger partial charge is 0.391 e. The van der Waals surface area contributed by atoms with Gasteiger partial charge in [-0.2, -0.15) is 18.4 Å². The zero-order chi connectivity index (χ0) is 13.9. The molecule has 98 valence electrons. The van der Waals surface area contributed by atoms with Crippen LogP contribution < -0.4 is 5.32 Å². The molecule has 0 aliphatic carbocycles. The molecule has 0 radical (unpaired) electrons. The number of nitriles is 1. The van der Waals surface area contributed by atoms with Crippen LogP contribution in [0.5, 0.6) is 0 Å². The highest BCUT2D eigenvalue weighted by Crippen LogP contribution is 2.25. The van der Waals surface area contributed by atoms with Gasteiger partial charge in [0, 0.05) is 6.04 Å². The Morgan fingerprint density at radius 2 is 1.89 bits per heavy atom. The van der Waals surface area contributed by atoms with Crippen molar-refractivity contribution in [2.45, 2.75) is 25.6 Å². The summed E-state index contributed by atoms with van der Waals surface area (Å²) in [5.41, 5.74) is -0.898. The fraction of sp³-hybridized carbons (Fsp3) is 0.364. The van der Waals surface area contributed by atoms with E-state index in [1.165, 1.54) is 13.0 Å². The highest BCUT2D eigenvalue weighted by atomic mass is 19.4. The quantitative estimate of drug-likeness (QED) is 0.847. The van der Waals surface area contributed by atoms with Crippen molar-refractivity contribution < 1.29 is 22.0 Å². The van der Waals surface area contributed by atoms with Gasteiger partial charge in [0.1, 0.15) is 6.07 Å². The molecule has 0 saturated heterocycles. The van der Waals surface area contributed by atoms with Gasteiger partial charge in [0.2, 0.25) is 0 Å². The molecule has 0 saturated carbocycles. The van der Waals surface area contributed by atoms with E-state index in [0.29, 0.717) is 0 Å². The summed E-state index contributed by atoms with van der Waals surface area (Å²) < 4.78 is 62.7. The molecule has 0 spiro atoms. The Morgan fingerprint density at radius 1 is 1.28 bits per heavy atom. The fourth-order valence-corrected chi connectivity index (χ4v) is 1.41. The summed E-state index contributed by atoms with van der Waals surface area (Å²) in [6.45, 7) is 1.20. The molecule has 0 aromatic heterocycles. The Kier molecular flexibility index (Phi) is 4.11. The van der Waals surface area contributed by atoms with E-state index >= 15 is 0 Å². The average molecular weight is 264 g/mol. The highest BCUT2D eigenvalue weighted by Gasteiger charge is 2.30. The number of alkyl halides is 3. The van der Waals surface area contributed by atoms with Gasteiger partial charge in [-0.05, 0) is 19.1 Å². The third-order valence-electron chi connectivity index (χ3n) is 2.14. The standard InChI is InChI=1S/C11H9F5N2/c1-6(4-11(14,15)16)18-8-3-2-7(5-17)9(12)10(8)13/h2-3,6,18H,4H2,1H3. The number of nitrogens with zero attached hydrogens (tertiary/aromatic N) is 1. The fourth-order valence-electron chi connectivity index (χ4n) is 1.41. The molecule has 0 amide bonds. The number of rotatable bonds is 3. The van der Waals surface area contributed by atoms with Gasteiger partial charge in [0.15, 0.2) is 11.6 Å². The molecule has 0 aliphatic heterocycles. The molecule has 0 aliphatic rings. The summed E-state index contributed by atoms with van der Waals surface area (Å²) in [6, 6.07) is 2.36. The first-order chi connectivity index (χ1) is 8.24. The van der Waals surface area contributed by atoms with Gasteiger partial charge in [-0.25, -0.2) is 8.78 Å². The second kappa shape index (κ2) is 5.21. The first-order valence-electron chi connectivity index (χ1n) is 4.96. The number of hydrogen-bond acceptors (Lipinski definition) is 2. The second-order valence-electron chi connectivity index (χ2n) is 3.77. The molecular formula is C11H9F5N2. The molecule has 1 aromatic carbocycles. The Balaban J connectivity index is 2.87. The molecule has 1 rings (SSSR count). The second-order valence-corrected chi connectivity index (χ2v) is 3.77.